The molecule has 148 valence electrons. The van der Waals surface area contributed by atoms with E-state index in [0.29, 0.717) is 5.75 Å². The van der Waals surface area contributed by atoms with Gasteiger partial charge in [-0.3, -0.25) is 0 Å². The molecule has 3 aromatic rings. The maximum absolute atomic E-state index is 5.47. The first-order valence-electron chi connectivity index (χ1n) is 9.01. The number of methoxy groups -OCH3 is 2. The number of anilines is 1. The van der Waals surface area contributed by atoms with Gasteiger partial charge in [-0.25, -0.2) is 4.68 Å². The van der Waals surface area contributed by atoms with Crippen LogP contribution >= 0.6 is 11.9 Å². The van der Waals surface area contributed by atoms with Gasteiger partial charge in [0.2, 0.25) is 0 Å². The average molecular weight is 399 g/mol. The van der Waals surface area contributed by atoms with Gasteiger partial charge < -0.3 is 14.2 Å². The zero-order valence-corrected chi connectivity index (χ0v) is 17.9. The van der Waals surface area contributed by atoms with Crippen LogP contribution in [0.1, 0.15) is 32.0 Å². The Hall–Kier alpha value is -2.67. The highest BCUT2D eigenvalue weighted by molar-refractivity contribution is 8.00. The summed E-state index contributed by atoms with van der Waals surface area (Å²) in [5.41, 5.74) is 4.11. The third kappa shape index (κ3) is 4.25. The number of hydrogen-bond acceptors (Lipinski definition) is 6. The number of ether oxygens (including phenoxy) is 2. The Kier molecular flexibility index (Phi) is 5.84. The normalized spacial score (nSPS) is 11.4. The van der Waals surface area contributed by atoms with Crippen LogP contribution in [0.15, 0.2) is 47.5 Å². The fraction of sp³-hybridized carbons (Fsp3) is 0.333. The molecule has 0 atom stereocenters. The standard InChI is InChI=1S/C21H26N4O2S/c1-14-20(28-23-16-9-7-8-15(12-16)21(2,3)4)22-24-25(14)18-13-17(26-5)10-11-19(18)27-6/h7-13,23H,1-6H3. The number of hydrogen-bond donors (Lipinski definition) is 1. The highest BCUT2D eigenvalue weighted by Crippen LogP contribution is 2.31. The SMILES string of the molecule is COc1ccc(OC)c(-n2nnc(SNc3cccc(C(C)(C)C)c3)c2C)c1. The minimum Gasteiger partial charge on any atom is -0.497 e. The Morgan fingerprint density at radius 3 is 2.50 bits per heavy atom. The van der Waals surface area contributed by atoms with Crippen LogP contribution in [-0.2, 0) is 5.41 Å². The zero-order chi connectivity index (χ0) is 20.3. The maximum atomic E-state index is 5.47. The summed E-state index contributed by atoms with van der Waals surface area (Å²) in [5.74, 6) is 1.44. The van der Waals surface area contributed by atoms with Gasteiger partial charge in [-0.2, -0.15) is 0 Å². The summed E-state index contributed by atoms with van der Waals surface area (Å²) in [6.45, 7) is 8.60. The molecule has 28 heavy (non-hydrogen) atoms. The second-order valence-electron chi connectivity index (χ2n) is 7.46. The number of benzene rings is 2. The summed E-state index contributed by atoms with van der Waals surface area (Å²) < 4.78 is 15.9. The molecule has 0 fully saturated rings. The predicted molar refractivity (Wildman–Crippen MR) is 114 cm³/mol. The largest absolute Gasteiger partial charge is 0.497 e. The Balaban J connectivity index is 1.83. The Morgan fingerprint density at radius 2 is 1.82 bits per heavy atom. The first kappa shape index (κ1) is 20.1. The molecule has 0 spiro atoms. The number of rotatable bonds is 6. The third-order valence-corrected chi connectivity index (χ3v) is 5.37. The van der Waals surface area contributed by atoms with E-state index in [0.717, 1.165) is 27.8 Å². The summed E-state index contributed by atoms with van der Waals surface area (Å²) >= 11 is 1.44. The van der Waals surface area contributed by atoms with Crippen molar-refractivity contribution in [3.8, 4) is 17.2 Å². The van der Waals surface area contributed by atoms with Gasteiger partial charge in [0.05, 0.1) is 19.9 Å². The van der Waals surface area contributed by atoms with E-state index in [-0.39, 0.29) is 5.41 Å². The quantitative estimate of drug-likeness (QED) is 0.589. The smallest absolute Gasteiger partial charge is 0.162 e. The van der Waals surface area contributed by atoms with Crippen LogP contribution in [0.2, 0.25) is 0 Å². The van der Waals surface area contributed by atoms with E-state index in [1.54, 1.807) is 18.9 Å². The van der Waals surface area contributed by atoms with E-state index in [4.69, 9.17) is 9.47 Å². The molecule has 0 amide bonds. The molecule has 0 aliphatic heterocycles. The van der Waals surface area contributed by atoms with E-state index in [1.165, 1.54) is 17.5 Å². The minimum atomic E-state index is 0.102. The van der Waals surface area contributed by atoms with Crippen LogP contribution in [-0.4, -0.2) is 29.2 Å². The lowest BCUT2D eigenvalue weighted by Gasteiger charge is -2.19. The van der Waals surface area contributed by atoms with Crippen LogP contribution < -0.4 is 14.2 Å². The lowest BCUT2D eigenvalue weighted by molar-refractivity contribution is 0.400. The molecule has 1 N–H and O–H groups in total. The highest BCUT2D eigenvalue weighted by atomic mass is 32.2. The first-order chi connectivity index (χ1) is 13.3. The molecule has 0 bridgehead atoms. The summed E-state index contributed by atoms with van der Waals surface area (Å²) in [6.07, 6.45) is 0. The molecule has 2 aromatic carbocycles. The summed E-state index contributed by atoms with van der Waals surface area (Å²) in [5, 5.41) is 9.43. The second-order valence-corrected chi connectivity index (χ2v) is 8.26. The molecular weight excluding hydrogens is 372 g/mol. The van der Waals surface area contributed by atoms with E-state index >= 15 is 0 Å². The van der Waals surface area contributed by atoms with Gasteiger partial charge in [-0.15, -0.1) is 5.10 Å². The molecule has 0 aliphatic rings. The minimum absolute atomic E-state index is 0.102. The molecule has 7 heteroatoms. The molecule has 6 nitrogen and oxygen atoms in total. The summed E-state index contributed by atoms with van der Waals surface area (Å²) in [4.78, 5) is 0. The van der Waals surface area contributed by atoms with Crippen LogP contribution in [0.4, 0.5) is 5.69 Å². The first-order valence-corrected chi connectivity index (χ1v) is 9.83. The number of nitrogens with zero attached hydrogens (tertiary/aromatic N) is 3. The zero-order valence-electron chi connectivity index (χ0n) is 17.1. The van der Waals surface area contributed by atoms with Crippen LogP contribution in [0.25, 0.3) is 5.69 Å². The summed E-state index contributed by atoms with van der Waals surface area (Å²) in [7, 11) is 3.27. The average Bonchev–Trinajstić information content (AvgIpc) is 3.05. The van der Waals surface area contributed by atoms with Crippen molar-refractivity contribution in [1.29, 1.82) is 0 Å². The van der Waals surface area contributed by atoms with Gasteiger partial charge in [0.1, 0.15) is 17.2 Å². The Morgan fingerprint density at radius 1 is 1.04 bits per heavy atom. The molecule has 1 aromatic heterocycles. The second kappa shape index (κ2) is 8.14. The van der Waals surface area contributed by atoms with Crippen molar-refractivity contribution in [3.05, 3.63) is 53.7 Å². The molecule has 1 heterocycles. The lowest BCUT2D eigenvalue weighted by Crippen LogP contribution is -2.10. The van der Waals surface area contributed by atoms with Gasteiger partial charge >= 0.3 is 0 Å². The van der Waals surface area contributed by atoms with E-state index in [2.05, 4.69) is 54.0 Å². The maximum Gasteiger partial charge on any atom is 0.162 e. The van der Waals surface area contributed by atoms with Crippen LogP contribution in [0.3, 0.4) is 0 Å². The van der Waals surface area contributed by atoms with Crippen molar-refractivity contribution in [2.45, 2.75) is 38.1 Å². The lowest BCUT2D eigenvalue weighted by atomic mass is 9.87. The Labute approximate surface area is 170 Å². The van der Waals surface area contributed by atoms with Gasteiger partial charge in [0.25, 0.3) is 0 Å². The van der Waals surface area contributed by atoms with Crippen molar-refractivity contribution in [2.24, 2.45) is 0 Å². The fourth-order valence-corrected chi connectivity index (χ4v) is 3.41. The van der Waals surface area contributed by atoms with Crippen LogP contribution in [0.5, 0.6) is 11.5 Å². The molecule has 0 aliphatic carbocycles. The molecule has 0 saturated carbocycles. The van der Waals surface area contributed by atoms with E-state index in [9.17, 15) is 0 Å². The molecule has 3 rings (SSSR count). The number of nitrogens with one attached hydrogen (secondary N) is 1. The van der Waals surface area contributed by atoms with Gasteiger partial charge in [-0.1, -0.05) is 38.1 Å². The summed E-state index contributed by atoms with van der Waals surface area (Å²) in [6, 6.07) is 14.0. The van der Waals surface area contributed by atoms with E-state index < -0.39 is 0 Å². The van der Waals surface area contributed by atoms with E-state index in [1.807, 2.05) is 31.2 Å². The van der Waals surface area contributed by atoms with Gasteiger partial charge in [0.15, 0.2) is 5.03 Å². The highest BCUT2D eigenvalue weighted by Gasteiger charge is 2.16. The monoisotopic (exact) mass is 398 g/mol. The van der Waals surface area contributed by atoms with Crippen molar-refractivity contribution >= 4 is 17.6 Å². The van der Waals surface area contributed by atoms with Crippen molar-refractivity contribution in [1.82, 2.24) is 15.0 Å². The Bertz CT molecular complexity index is 963. The fourth-order valence-electron chi connectivity index (χ4n) is 2.76. The van der Waals surface area contributed by atoms with Crippen molar-refractivity contribution in [2.75, 3.05) is 18.9 Å². The predicted octanol–water partition coefficient (Wildman–Crippen LogP) is 5.01. The van der Waals surface area contributed by atoms with Crippen molar-refractivity contribution < 1.29 is 9.47 Å². The van der Waals surface area contributed by atoms with Gasteiger partial charge in [-0.05, 0) is 42.2 Å². The van der Waals surface area contributed by atoms with Crippen LogP contribution in [0, 0.1) is 6.92 Å². The molecule has 0 unspecified atom stereocenters. The van der Waals surface area contributed by atoms with Gasteiger partial charge in [0, 0.05) is 23.7 Å². The molecule has 0 radical (unpaired) electrons. The molecular formula is C21H26N4O2S. The third-order valence-electron chi connectivity index (χ3n) is 4.46. The topological polar surface area (TPSA) is 61.2 Å². The number of aromatic nitrogens is 3. The molecule has 0 saturated heterocycles. The van der Waals surface area contributed by atoms with Crippen molar-refractivity contribution in [3.63, 3.8) is 0 Å².